The summed E-state index contributed by atoms with van der Waals surface area (Å²) in [6.07, 6.45) is 2.29. The first-order valence-electron chi connectivity index (χ1n) is 8.20. The van der Waals surface area contributed by atoms with Crippen LogP contribution in [-0.4, -0.2) is 37.8 Å². The first-order chi connectivity index (χ1) is 13.8. The fourth-order valence-corrected chi connectivity index (χ4v) is 3.91. The van der Waals surface area contributed by atoms with E-state index < -0.39 is 41.8 Å². The largest absolute Gasteiger partial charge is 0.744 e. The summed E-state index contributed by atoms with van der Waals surface area (Å²) in [5, 5.41) is 4.70. The van der Waals surface area contributed by atoms with Crippen molar-refractivity contribution in [1.82, 2.24) is 0 Å². The predicted octanol–water partition coefficient (Wildman–Crippen LogP) is 1.58. The number of anilines is 2. The summed E-state index contributed by atoms with van der Waals surface area (Å²) in [4.78, 5) is 21.0. The molecule has 0 saturated heterocycles. The third-order valence-electron chi connectivity index (χ3n) is 3.65. The monoisotopic (exact) mass is 452 g/mol. The molecule has 160 valence electrons. The van der Waals surface area contributed by atoms with Gasteiger partial charge < -0.3 is 19.7 Å². The van der Waals surface area contributed by atoms with Crippen molar-refractivity contribution in [2.45, 2.75) is 23.6 Å². The SMILES string of the molecule is CC(=O)Nc1ccc(/C=C/c2ccc(NC(C)=O)cc2S(=O)(=O)[O-])c(S(=O)(=O)[O-])c1. The Labute approximate surface area is 173 Å². The van der Waals surface area contributed by atoms with Gasteiger partial charge in [0.25, 0.3) is 0 Å². The van der Waals surface area contributed by atoms with Crippen LogP contribution in [0.25, 0.3) is 12.2 Å². The van der Waals surface area contributed by atoms with Crippen LogP contribution < -0.4 is 10.6 Å². The quantitative estimate of drug-likeness (QED) is 0.491. The maximum atomic E-state index is 11.6. The van der Waals surface area contributed by atoms with E-state index in [2.05, 4.69) is 10.6 Å². The van der Waals surface area contributed by atoms with E-state index in [4.69, 9.17) is 0 Å². The van der Waals surface area contributed by atoms with E-state index in [1.807, 2.05) is 0 Å². The summed E-state index contributed by atoms with van der Waals surface area (Å²) in [7, 11) is -9.87. The molecular weight excluding hydrogens is 436 g/mol. The van der Waals surface area contributed by atoms with Gasteiger partial charge in [-0.3, -0.25) is 9.59 Å². The first kappa shape index (κ1) is 23.2. The van der Waals surface area contributed by atoms with Gasteiger partial charge in [0.2, 0.25) is 11.8 Å². The summed E-state index contributed by atoms with van der Waals surface area (Å²) in [5.74, 6) is -0.950. The van der Waals surface area contributed by atoms with Gasteiger partial charge in [0.1, 0.15) is 20.2 Å². The van der Waals surface area contributed by atoms with Crippen molar-refractivity contribution in [2.75, 3.05) is 10.6 Å². The number of nitrogens with one attached hydrogen (secondary N) is 2. The molecule has 10 nitrogen and oxygen atoms in total. The van der Waals surface area contributed by atoms with Gasteiger partial charge in [-0.15, -0.1) is 0 Å². The van der Waals surface area contributed by atoms with E-state index in [-0.39, 0.29) is 22.5 Å². The van der Waals surface area contributed by atoms with Gasteiger partial charge in [-0.25, -0.2) is 16.8 Å². The van der Waals surface area contributed by atoms with Gasteiger partial charge in [-0.1, -0.05) is 24.3 Å². The Bertz CT molecular complexity index is 1150. The zero-order chi connectivity index (χ0) is 22.7. The van der Waals surface area contributed by atoms with Gasteiger partial charge in [0, 0.05) is 25.2 Å². The van der Waals surface area contributed by atoms with E-state index >= 15 is 0 Å². The molecule has 2 N–H and O–H groups in total. The minimum Gasteiger partial charge on any atom is -0.744 e. The van der Waals surface area contributed by atoms with E-state index in [0.29, 0.717) is 0 Å². The number of hydrogen-bond donors (Lipinski definition) is 2. The highest BCUT2D eigenvalue weighted by Crippen LogP contribution is 2.26. The molecule has 0 fully saturated rings. The van der Waals surface area contributed by atoms with Crippen LogP contribution in [0, 0.1) is 0 Å². The molecule has 0 bridgehead atoms. The summed E-state index contributed by atoms with van der Waals surface area (Å²) in [6, 6.07) is 7.11. The molecule has 2 aromatic carbocycles. The van der Waals surface area contributed by atoms with Gasteiger partial charge in [-0.2, -0.15) is 0 Å². The topological polar surface area (TPSA) is 173 Å². The number of carbonyl (C=O) groups is 2. The van der Waals surface area contributed by atoms with Crippen LogP contribution in [0.1, 0.15) is 25.0 Å². The van der Waals surface area contributed by atoms with E-state index in [1.165, 1.54) is 38.1 Å². The van der Waals surface area contributed by atoms with Crippen LogP contribution in [0.5, 0.6) is 0 Å². The Hall–Kier alpha value is -3.06. The maximum Gasteiger partial charge on any atom is 0.221 e. The highest BCUT2D eigenvalue weighted by molar-refractivity contribution is 7.86. The van der Waals surface area contributed by atoms with Crippen LogP contribution in [0.4, 0.5) is 11.4 Å². The summed E-state index contributed by atoms with van der Waals surface area (Å²) in [5.41, 5.74) is -0.00769. The molecule has 0 aromatic heterocycles. The lowest BCUT2D eigenvalue weighted by molar-refractivity contribution is -0.115. The summed E-state index contributed by atoms with van der Waals surface area (Å²) >= 11 is 0. The van der Waals surface area contributed by atoms with Gasteiger partial charge >= 0.3 is 0 Å². The zero-order valence-corrected chi connectivity index (χ0v) is 17.3. The smallest absolute Gasteiger partial charge is 0.221 e. The molecule has 12 heteroatoms. The van der Waals surface area contributed by atoms with Crippen molar-refractivity contribution < 1.29 is 35.5 Å². The lowest BCUT2D eigenvalue weighted by Gasteiger charge is -2.14. The zero-order valence-electron chi connectivity index (χ0n) is 15.7. The normalized spacial score (nSPS) is 12.0. The third-order valence-corrected chi connectivity index (χ3v) is 5.43. The highest BCUT2D eigenvalue weighted by Gasteiger charge is 2.12. The fraction of sp³-hybridized carbons (Fsp3) is 0.111. The van der Waals surface area contributed by atoms with E-state index in [0.717, 1.165) is 24.3 Å². The first-order valence-corrected chi connectivity index (χ1v) is 11.0. The molecule has 0 aliphatic rings. The van der Waals surface area contributed by atoms with Gasteiger partial charge in [0.15, 0.2) is 0 Å². The Morgan fingerprint density at radius 2 is 1.07 bits per heavy atom. The van der Waals surface area contributed by atoms with Crippen molar-refractivity contribution in [1.29, 1.82) is 0 Å². The van der Waals surface area contributed by atoms with Crippen molar-refractivity contribution in [3.05, 3.63) is 47.5 Å². The van der Waals surface area contributed by atoms with Gasteiger partial charge in [-0.05, 0) is 35.4 Å². The lowest BCUT2D eigenvalue weighted by atomic mass is 10.1. The fourth-order valence-electron chi connectivity index (χ4n) is 2.52. The molecule has 0 heterocycles. The molecule has 0 aliphatic heterocycles. The molecule has 2 aromatic rings. The number of amides is 2. The molecule has 0 saturated carbocycles. The van der Waals surface area contributed by atoms with Crippen molar-refractivity contribution >= 4 is 55.6 Å². The van der Waals surface area contributed by atoms with Crippen molar-refractivity contribution in [2.24, 2.45) is 0 Å². The summed E-state index contributed by atoms with van der Waals surface area (Å²) < 4.78 is 69.5. The molecule has 0 aliphatic carbocycles. The Morgan fingerprint density at radius 1 is 0.733 bits per heavy atom. The number of hydrogen-bond acceptors (Lipinski definition) is 8. The van der Waals surface area contributed by atoms with Crippen LogP contribution in [0.3, 0.4) is 0 Å². The highest BCUT2D eigenvalue weighted by atomic mass is 32.2. The molecule has 30 heavy (non-hydrogen) atoms. The lowest BCUT2D eigenvalue weighted by Crippen LogP contribution is -2.08. The van der Waals surface area contributed by atoms with Crippen LogP contribution in [0.15, 0.2) is 46.2 Å². The van der Waals surface area contributed by atoms with E-state index in [9.17, 15) is 35.5 Å². The standard InChI is InChI=1S/C18H18N2O8S2/c1-11(21)19-15-7-5-13(17(9-15)29(23,24)25)3-4-14-6-8-16(20-12(2)22)10-18(14)30(26,27)28/h3-10H,1-2H3,(H,19,21)(H,20,22)(H,23,24,25)(H,26,27,28)/p-2/b4-3+. The Morgan fingerprint density at radius 3 is 1.33 bits per heavy atom. The van der Waals surface area contributed by atoms with Crippen molar-refractivity contribution in [3.63, 3.8) is 0 Å². The number of carbonyl (C=O) groups excluding carboxylic acids is 2. The van der Waals surface area contributed by atoms with Gasteiger partial charge in [0.05, 0.1) is 9.79 Å². The number of rotatable bonds is 6. The second-order valence-corrected chi connectivity index (χ2v) is 8.81. The molecular formula is C18H16N2O8S2-2. The predicted molar refractivity (Wildman–Crippen MR) is 106 cm³/mol. The second-order valence-electron chi connectivity index (χ2n) is 6.11. The molecule has 2 amide bonds. The molecule has 0 unspecified atom stereocenters. The average molecular weight is 452 g/mol. The van der Waals surface area contributed by atoms with Crippen LogP contribution in [-0.2, 0) is 29.8 Å². The minimum absolute atomic E-state index is 0.0801. The molecule has 0 radical (unpaired) electrons. The maximum absolute atomic E-state index is 11.6. The minimum atomic E-state index is -4.93. The van der Waals surface area contributed by atoms with Crippen molar-refractivity contribution in [3.8, 4) is 0 Å². The summed E-state index contributed by atoms with van der Waals surface area (Å²) in [6.45, 7) is 2.41. The van der Waals surface area contributed by atoms with Crippen LogP contribution >= 0.6 is 0 Å². The second kappa shape index (κ2) is 8.75. The average Bonchev–Trinajstić information content (AvgIpc) is 2.58. The Kier molecular flexibility index (Phi) is 6.77. The Balaban J connectivity index is 2.56. The van der Waals surface area contributed by atoms with E-state index in [1.54, 1.807) is 0 Å². The number of benzene rings is 2. The molecule has 2 rings (SSSR count). The third kappa shape index (κ3) is 6.22. The molecule has 0 atom stereocenters. The molecule has 0 spiro atoms. The van der Waals surface area contributed by atoms with Crippen LogP contribution in [0.2, 0.25) is 0 Å².